The first kappa shape index (κ1) is 8.32. The summed E-state index contributed by atoms with van der Waals surface area (Å²) in [5.74, 6) is 0. The molecule has 1 aromatic carbocycles. The van der Waals surface area contributed by atoms with Crippen LogP contribution in [-0.2, 0) is 6.42 Å². The third-order valence-electron chi connectivity index (χ3n) is 1.96. The van der Waals surface area contributed by atoms with Crippen LogP contribution in [0.15, 0.2) is 24.3 Å². The molecule has 0 aliphatic rings. The molecule has 1 radical (unpaired) electrons. The van der Waals surface area contributed by atoms with Gasteiger partial charge in [0.2, 0.25) is 0 Å². The predicted octanol–water partition coefficient (Wildman–Crippen LogP) is 3.15. The summed E-state index contributed by atoms with van der Waals surface area (Å²) in [7, 11) is 0. The molecule has 1 rings (SSSR count). The highest BCUT2D eigenvalue weighted by molar-refractivity contribution is 5.25. The van der Waals surface area contributed by atoms with Crippen molar-refractivity contribution < 1.29 is 0 Å². The number of benzene rings is 1. The summed E-state index contributed by atoms with van der Waals surface area (Å²) in [4.78, 5) is 0. The Morgan fingerprint density at radius 3 is 2.64 bits per heavy atom. The van der Waals surface area contributed by atoms with Gasteiger partial charge in [-0.05, 0) is 37.3 Å². The van der Waals surface area contributed by atoms with Crippen molar-refractivity contribution >= 4 is 0 Å². The molecule has 0 aliphatic heterocycles. The molecule has 0 saturated carbocycles. The Labute approximate surface area is 69.3 Å². The number of aryl methyl sites for hydroxylation is 2. The topological polar surface area (TPSA) is 0 Å². The fourth-order valence-electron chi connectivity index (χ4n) is 1.19. The lowest BCUT2D eigenvalue weighted by Gasteiger charge is -2.02. The molecule has 0 heteroatoms. The fraction of sp³-hybridized carbons (Fsp3) is 0.364. The van der Waals surface area contributed by atoms with Crippen LogP contribution in [0.3, 0.4) is 0 Å². The molecule has 0 N–H and O–H groups in total. The van der Waals surface area contributed by atoms with Gasteiger partial charge >= 0.3 is 0 Å². The molecule has 11 heavy (non-hydrogen) atoms. The summed E-state index contributed by atoms with van der Waals surface area (Å²) in [6, 6.07) is 8.58. The lowest BCUT2D eigenvalue weighted by molar-refractivity contribution is 0.927. The maximum atomic E-state index is 2.21. The summed E-state index contributed by atoms with van der Waals surface area (Å²) < 4.78 is 0. The average Bonchev–Trinajstić information content (AvgIpc) is 2.03. The smallest absolute Gasteiger partial charge is 0.0274 e. The van der Waals surface area contributed by atoms with E-state index in [0.29, 0.717) is 0 Å². The molecule has 59 valence electrons. The van der Waals surface area contributed by atoms with E-state index < -0.39 is 0 Å². The second-order valence-corrected chi connectivity index (χ2v) is 2.87. The highest BCUT2D eigenvalue weighted by Gasteiger charge is 1.94. The molecule has 0 spiro atoms. The standard InChI is InChI=1S/C11H15/c1-3-4-8-11-9-6-5-7-10(11)2/h3,5-7,9H,4,8H2,1-2H3. The van der Waals surface area contributed by atoms with E-state index in [9.17, 15) is 0 Å². The van der Waals surface area contributed by atoms with E-state index in [1.807, 2.05) is 0 Å². The van der Waals surface area contributed by atoms with Gasteiger partial charge in [0.1, 0.15) is 0 Å². The van der Waals surface area contributed by atoms with E-state index in [1.165, 1.54) is 24.0 Å². The first-order valence-electron chi connectivity index (χ1n) is 4.17. The molecule has 0 saturated heterocycles. The first-order valence-corrected chi connectivity index (χ1v) is 4.17. The Morgan fingerprint density at radius 1 is 1.27 bits per heavy atom. The van der Waals surface area contributed by atoms with Crippen LogP contribution in [0.2, 0.25) is 0 Å². The third-order valence-corrected chi connectivity index (χ3v) is 1.96. The highest BCUT2D eigenvalue weighted by atomic mass is 14.0. The zero-order valence-electron chi connectivity index (χ0n) is 7.30. The predicted molar refractivity (Wildman–Crippen MR) is 49.5 cm³/mol. The van der Waals surface area contributed by atoms with E-state index in [0.717, 1.165) is 0 Å². The first-order chi connectivity index (χ1) is 5.34. The number of hydrogen-bond donors (Lipinski definition) is 0. The molecular formula is C11H15. The van der Waals surface area contributed by atoms with Gasteiger partial charge < -0.3 is 0 Å². The Bertz CT molecular complexity index is 213. The zero-order valence-corrected chi connectivity index (χ0v) is 7.30. The Balaban J connectivity index is 2.62. The molecule has 0 fully saturated rings. The van der Waals surface area contributed by atoms with Crippen molar-refractivity contribution in [1.82, 2.24) is 0 Å². The van der Waals surface area contributed by atoms with Crippen molar-refractivity contribution in [3.8, 4) is 0 Å². The summed E-state index contributed by atoms with van der Waals surface area (Å²) in [5.41, 5.74) is 2.89. The maximum Gasteiger partial charge on any atom is -0.0274 e. The molecular weight excluding hydrogens is 132 g/mol. The normalized spacial score (nSPS) is 10.0. The minimum Gasteiger partial charge on any atom is -0.0622 e. The van der Waals surface area contributed by atoms with Crippen LogP contribution in [0.1, 0.15) is 24.5 Å². The summed E-state index contributed by atoms with van der Waals surface area (Å²) in [6.45, 7) is 4.28. The number of hydrogen-bond acceptors (Lipinski definition) is 0. The van der Waals surface area contributed by atoms with Gasteiger partial charge in [-0.2, -0.15) is 0 Å². The second kappa shape index (κ2) is 4.17. The van der Waals surface area contributed by atoms with Gasteiger partial charge in [-0.3, -0.25) is 0 Å². The SMILES string of the molecule is C[CH]CCc1ccccc1C. The van der Waals surface area contributed by atoms with Crippen LogP contribution in [0, 0.1) is 13.3 Å². The molecule has 0 aromatic heterocycles. The van der Waals surface area contributed by atoms with E-state index in [2.05, 4.69) is 44.5 Å². The summed E-state index contributed by atoms with van der Waals surface area (Å²) >= 11 is 0. The maximum absolute atomic E-state index is 2.21. The van der Waals surface area contributed by atoms with Gasteiger partial charge in [0.05, 0.1) is 0 Å². The number of unbranched alkanes of at least 4 members (excludes halogenated alkanes) is 1. The van der Waals surface area contributed by atoms with Crippen LogP contribution in [0.4, 0.5) is 0 Å². The molecule has 0 bridgehead atoms. The molecule has 0 nitrogen and oxygen atoms in total. The average molecular weight is 147 g/mol. The summed E-state index contributed by atoms with van der Waals surface area (Å²) in [5, 5.41) is 0. The summed E-state index contributed by atoms with van der Waals surface area (Å²) in [6.07, 6.45) is 4.58. The lowest BCUT2D eigenvalue weighted by atomic mass is 10.0. The molecule has 0 aliphatic carbocycles. The zero-order chi connectivity index (χ0) is 8.10. The molecule has 0 atom stereocenters. The fourth-order valence-corrected chi connectivity index (χ4v) is 1.19. The van der Waals surface area contributed by atoms with Gasteiger partial charge in [-0.25, -0.2) is 0 Å². The van der Waals surface area contributed by atoms with E-state index in [1.54, 1.807) is 0 Å². The minimum atomic E-state index is 1.18. The van der Waals surface area contributed by atoms with Crippen LogP contribution in [-0.4, -0.2) is 0 Å². The van der Waals surface area contributed by atoms with Crippen LogP contribution in [0.25, 0.3) is 0 Å². The quantitative estimate of drug-likeness (QED) is 0.616. The Morgan fingerprint density at radius 2 is 2.00 bits per heavy atom. The van der Waals surface area contributed by atoms with E-state index >= 15 is 0 Å². The van der Waals surface area contributed by atoms with Crippen molar-refractivity contribution in [2.75, 3.05) is 0 Å². The van der Waals surface area contributed by atoms with Crippen molar-refractivity contribution in [1.29, 1.82) is 0 Å². The van der Waals surface area contributed by atoms with Crippen LogP contribution < -0.4 is 0 Å². The van der Waals surface area contributed by atoms with Crippen molar-refractivity contribution in [3.05, 3.63) is 41.8 Å². The third kappa shape index (κ3) is 2.38. The molecule has 0 amide bonds. The van der Waals surface area contributed by atoms with Gasteiger partial charge in [-0.15, -0.1) is 0 Å². The largest absolute Gasteiger partial charge is 0.0622 e. The van der Waals surface area contributed by atoms with Gasteiger partial charge in [0, 0.05) is 0 Å². The monoisotopic (exact) mass is 147 g/mol. The van der Waals surface area contributed by atoms with Crippen LogP contribution in [0.5, 0.6) is 0 Å². The van der Waals surface area contributed by atoms with Gasteiger partial charge in [0.25, 0.3) is 0 Å². The lowest BCUT2D eigenvalue weighted by Crippen LogP contribution is -1.87. The van der Waals surface area contributed by atoms with E-state index in [4.69, 9.17) is 0 Å². The van der Waals surface area contributed by atoms with Crippen LogP contribution >= 0.6 is 0 Å². The Hall–Kier alpha value is -0.780. The van der Waals surface area contributed by atoms with Crippen molar-refractivity contribution in [3.63, 3.8) is 0 Å². The van der Waals surface area contributed by atoms with E-state index in [-0.39, 0.29) is 0 Å². The van der Waals surface area contributed by atoms with Gasteiger partial charge in [0.15, 0.2) is 0 Å². The molecule has 1 aromatic rings. The van der Waals surface area contributed by atoms with Crippen molar-refractivity contribution in [2.24, 2.45) is 0 Å². The highest BCUT2D eigenvalue weighted by Crippen LogP contribution is 2.09. The minimum absolute atomic E-state index is 1.18. The number of rotatable bonds is 3. The van der Waals surface area contributed by atoms with Gasteiger partial charge in [-0.1, -0.05) is 31.2 Å². The Kier molecular flexibility index (Phi) is 3.15. The second-order valence-electron chi connectivity index (χ2n) is 2.87. The molecule has 0 heterocycles. The van der Waals surface area contributed by atoms with Crippen molar-refractivity contribution in [2.45, 2.75) is 26.7 Å². The molecule has 0 unspecified atom stereocenters.